The molecular formula is C9H13NO. The van der Waals surface area contributed by atoms with Gasteiger partial charge in [-0.3, -0.25) is 4.79 Å². The first-order valence-electron chi connectivity index (χ1n) is 3.87. The highest BCUT2D eigenvalue weighted by Gasteiger charge is 2.21. The van der Waals surface area contributed by atoms with Crippen molar-refractivity contribution in [1.29, 1.82) is 0 Å². The number of carbonyl (C=O) groups is 1. The van der Waals surface area contributed by atoms with E-state index >= 15 is 0 Å². The average molecular weight is 151 g/mol. The molecule has 1 aliphatic heterocycles. The van der Waals surface area contributed by atoms with Gasteiger partial charge >= 0.3 is 0 Å². The van der Waals surface area contributed by atoms with E-state index in [0.29, 0.717) is 6.42 Å². The summed E-state index contributed by atoms with van der Waals surface area (Å²) >= 11 is 0. The van der Waals surface area contributed by atoms with Crippen LogP contribution in [-0.4, -0.2) is 23.9 Å². The largest absolute Gasteiger partial charge is 0.339 e. The number of carbonyl (C=O) groups excluding carboxylic acids is 1. The molecule has 60 valence electrons. The van der Waals surface area contributed by atoms with Gasteiger partial charge in [-0.15, -0.1) is 5.73 Å². The zero-order chi connectivity index (χ0) is 8.27. The zero-order valence-electron chi connectivity index (χ0n) is 6.84. The quantitative estimate of drug-likeness (QED) is 0.518. The molecule has 0 aliphatic carbocycles. The Morgan fingerprint density at radius 2 is 2.55 bits per heavy atom. The van der Waals surface area contributed by atoms with Crippen LogP contribution in [0.3, 0.4) is 0 Å². The van der Waals surface area contributed by atoms with Crippen molar-refractivity contribution in [3.63, 3.8) is 0 Å². The lowest BCUT2D eigenvalue weighted by atomic mass is 10.0. The molecule has 0 aromatic heterocycles. The Morgan fingerprint density at radius 3 is 3.18 bits per heavy atom. The summed E-state index contributed by atoms with van der Waals surface area (Å²) in [6, 6.07) is 0.230. The minimum Gasteiger partial charge on any atom is -0.339 e. The van der Waals surface area contributed by atoms with Crippen molar-refractivity contribution in [3.05, 3.63) is 18.4 Å². The van der Waals surface area contributed by atoms with Crippen LogP contribution in [0.15, 0.2) is 18.4 Å². The SMILES string of the molecule is C=C=CC1CCCC(=O)N1C. The van der Waals surface area contributed by atoms with E-state index in [0.717, 1.165) is 12.8 Å². The Kier molecular flexibility index (Phi) is 2.50. The van der Waals surface area contributed by atoms with Crippen molar-refractivity contribution in [2.24, 2.45) is 0 Å². The number of nitrogens with zero attached hydrogens (tertiary/aromatic N) is 1. The first-order chi connectivity index (χ1) is 5.25. The molecule has 0 spiro atoms. The van der Waals surface area contributed by atoms with Gasteiger partial charge in [0.1, 0.15) is 0 Å². The molecule has 1 rings (SSSR count). The molecule has 1 aliphatic rings. The normalized spacial score (nSPS) is 24.6. The maximum absolute atomic E-state index is 11.1. The lowest BCUT2D eigenvalue weighted by molar-refractivity contribution is -0.133. The number of hydrogen-bond donors (Lipinski definition) is 0. The molecular weight excluding hydrogens is 138 g/mol. The van der Waals surface area contributed by atoms with Crippen molar-refractivity contribution in [2.75, 3.05) is 7.05 Å². The van der Waals surface area contributed by atoms with E-state index in [-0.39, 0.29) is 11.9 Å². The zero-order valence-corrected chi connectivity index (χ0v) is 6.84. The molecule has 0 aromatic carbocycles. The smallest absolute Gasteiger partial charge is 0.222 e. The fraction of sp³-hybridized carbons (Fsp3) is 0.556. The third-order valence-corrected chi connectivity index (χ3v) is 2.09. The number of piperidine rings is 1. The third kappa shape index (κ3) is 1.72. The summed E-state index contributed by atoms with van der Waals surface area (Å²) in [6.07, 6.45) is 4.59. The Morgan fingerprint density at radius 1 is 1.82 bits per heavy atom. The highest BCUT2D eigenvalue weighted by Crippen LogP contribution is 2.16. The number of rotatable bonds is 1. The summed E-state index contributed by atoms with van der Waals surface area (Å²) in [5, 5.41) is 0. The van der Waals surface area contributed by atoms with Gasteiger partial charge in [-0.05, 0) is 18.9 Å². The standard InChI is InChI=1S/C9H13NO/c1-3-5-8-6-4-7-9(11)10(8)2/h5,8H,1,4,6-7H2,2H3. The second kappa shape index (κ2) is 3.40. The lowest BCUT2D eigenvalue weighted by Crippen LogP contribution is -2.39. The van der Waals surface area contributed by atoms with Crippen LogP contribution in [0.5, 0.6) is 0 Å². The van der Waals surface area contributed by atoms with Crippen LogP contribution < -0.4 is 0 Å². The monoisotopic (exact) mass is 151 g/mol. The van der Waals surface area contributed by atoms with Gasteiger partial charge in [0.25, 0.3) is 0 Å². The maximum atomic E-state index is 11.1. The predicted molar refractivity (Wildman–Crippen MR) is 44.1 cm³/mol. The molecule has 0 radical (unpaired) electrons. The van der Waals surface area contributed by atoms with Crippen LogP contribution in [0.4, 0.5) is 0 Å². The van der Waals surface area contributed by atoms with E-state index in [1.165, 1.54) is 0 Å². The van der Waals surface area contributed by atoms with Gasteiger partial charge in [-0.2, -0.15) is 0 Å². The molecule has 2 heteroatoms. The Labute approximate surface area is 67.2 Å². The molecule has 1 atom stereocenters. The van der Waals surface area contributed by atoms with Crippen LogP contribution in [0.25, 0.3) is 0 Å². The molecule has 0 bridgehead atoms. The number of hydrogen-bond acceptors (Lipinski definition) is 1. The van der Waals surface area contributed by atoms with Gasteiger partial charge in [-0.1, -0.05) is 6.58 Å². The van der Waals surface area contributed by atoms with E-state index in [2.05, 4.69) is 12.3 Å². The van der Waals surface area contributed by atoms with Gasteiger partial charge in [-0.25, -0.2) is 0 Å². The maximum Gasteiger partial charge on any atom is 0.222 e. The molecule has 0 aromatic rings. The molecule has 2 nitrogen and oxygen atoms in total. The van der Waals surface area contributed by atoms with E-state index in [1.807, 2.05) is 13.1 Å². The summed E-state index contributed by atoms with van der Waals surface area (Å²) in [5.74, 6) is 0.229. The fourth-order valence-electron chi connectivity index (χ4n) is 1.35. The minimum absolute atomic E-state index is 0.229. The van der Waals surface area contributed by atoms with Crippen molar-refractivity contribution in [3.8, 4) is 0 Å². The van der Waals surface area contributed by atoms with Gasteiger partial charge in [0.2, 0.25) is 5.91 Å². The summed E-state index contributed by atoms with van der Waals surface area (Å²) in [4.78, 5) is 12.9. The van der Waals surface area contributed by atoms with Crippen LogP contribution in [0.2, 0.25) is 0 Å². The van der Waals surface area contributed by atoms with Crippen LogP contribution in [0, 0.1) is 0 Å². The molecule has 1 heterocycles. The molecule has 1 fully saturated rings. The lowest BCUT2D eigenvalue weighted by Gasteiger charge is -2.29. The van der Waals surface area contributed by atoms with Gasteiger partial charge in [0, 0.05) is 13.5 Å². The Balaban J connectivity index is 2.65. The summed E-state index contributed by atoms with van der Waals surface area (Å²) in [5.41, 5.74) is 2.72. The first-order valence-corrected chi connectivity index (χ1v) is 3.87. The van der Waals surface area contributed by atoms with Crippen LogP contribution >= 0.6 is 0 Å². The average Bonchev–Trinajstić information content (AvgIpc) is 1.99. The molecule has 0 saturated carbocycles. The first kappa shape index (κ1) is 8.09. The predicted octanol–water partition coefficient (Wildman–Crippen LogP) is 1.34. The van der Waals surface area contributed by atoms with E-state index in [9.17, 15) is 4.79 Å². The number of amides is 1. The summed E-state index contributed by atoms with van der Waals surface area (Å²) in [6.45, 7) is 3.50. The van der Waals surface area contributed by atoms with E-state index < -0.39 is 0 Å². The minimum atomic E-state index is 0.229. The van der Waals surface area contributed by atoms with Crippen LogP contribution in [0.1, 0.15) is 19.3 Å². The summed E-state index contributed by atoms with van der Waals surface area (Å²) < 4.78 is 0. The fourth-order valence-corrected chi connectivity index (χ4v) is 1.35. The number of likely N-dealkylation sites (tertiary alicyclic amines) is 1. The second-order valence-electron chi connectivity index (χ2n) is 2.84. The number of likely N-dealkylation sites (N-methyl/N-ethyl adjacent to an activating group) is 1. The van der Waals surface area contributed by atoms with Gasteiger partial charge < -0.3 is 4.90 Å². The molecule has 1 amide bonds. The topological polar surface area (TPSA) is 20.3 Å². The van der Waals surface area contributed by atoms with E-state index in [4.69, 9.17) is 0 Å². The Bertz CT molecular complexity index is 204. The molecule has 1 saturated heterocycles. The summed E-state index contributed by atoms with van der Waals surface area (Å²) in [7, 11) is 1.83. The van der Waals surface area contributed by atoms with Crippen molar-refractivity contribution < 1.29 is 4.79 Å². The Hall–Kier alpha value is -1.01. The van der Waals surface area contributed by atoms with Gasteiger partial charge in [0.05, 0.1) is 6.04 Å². The van der Waals surface area contributed by atoms with E-state index in [1.54, 1.807) is 4.90 Å². The van der Waals surface area contributed by atoms with Gasteiger partial charge in [0.15, 0.2) is 0 Å². The highest BCUT2D eigenvalue weighted by molar-refractivity contribution is 5.77. The second-order valence-corrected chi connectivity index (χ2v) is 2.84. The molecule has 11 heavy (non-hydrogen) atoms. The van der Waals surface area contributed by atoms with Crippen molar-refractivity contribution in [1.82, 2.24) is 4.90 Å². The molecule has 1 unspecified atom stereocenters. The molecule has 0 N–H and O–H groups in total. The highest BCUT2D eigenvalue weighted by atomic mass is 16.2. The third-order valence-electron chi connectivity index (χ3n) is 2.09. The van der Waals surface area contributed by atoms with Crippen LogP contribution in [-0.2, 0) is 4.79 Å². The van der Waals surface area contributed by atoms with Crippen molar-refractivity contribution >= 4 is 5.91 Å². The van der Waals surface area contributed by atoms with Crippen molar-refractivity contribution in [2.45, 2.75) is 25.3 Å².